The van der Waals surface area contributed by atoms with Crippen LogP contribution in [0.1, 0.15) is 36.5 Å². The fourth-order valence-corrected chi connectivity index (χ4v) is 3.97. The highest BCUT2D eigenvalue weighted by atomic mass is 35.5. The number of nitrogens with one attached hydrogen (secondary N) is 1. The molecule has 0 aliphatic carbocycles. The summed E-state index contributed by atoms with van der Waals surface area (Å²) in [4.78, 5) is 28.3. The third kappa shape index (κ3) is 4.98. The van der Waals surface area contributed by atoms with Crippen molar-refractivity contribution in [3.8, 4) is 0 Å². The SMILES string of the molecule is CCc1ccc(/C=C2\SC(=N[C@H](CC(=O)O)c3ccc(Cl)cc3Cl)NC2=O)o1. The van der Waals surface area contributed by atoms with Gasteiger partial charge in [-0.05, 0) is 41.6 Å². The van der Waals surface area contributed by atoms with Crippen LogP contribution in [0.15, 0.2) is 44.6 Å². The first-order chi connectivity index (χ1) is 13.4. The van der Waals surface area contributed by atoms with Gasteiger partial charge in [0.25, 0.3) is 5.91 Å². The zero-order valence-electron chi connectivity index (χ0n) is 14.7. The van der Waals surface area contributed by atoms with Gasteiger partial charge >= 0.3 is 5.97 Å². The van der Waals surface area contributed by atoms with E-state index in [2.05, 4.69) is 10.3 Å². The Morgan fingerprint density at radius 1 is 1.36 bits per heavy atom. The number of carbonyl (C=O) groups is 2. The summed E-state index contributed by atoms with van der Waals surface area (Å²) in [5.41, 5.74) is 0.520. The smallest absolute Gasteiger partial charge is 0.305 e. The number of hydrogen-bond acceptors (Lipinski definition) is 5. The molecule has 146 valence electrons. The Morgan fingerprint density at radius 3 is 2.79 bits per heavy atom. The summed E-state index contributed by atoms with van der Waals surface area (Å²) in [6, 6.07) is 7.66. The molecule has 9 heteroatoms. The van der Waals surface area contributed by atoms with Crippen LogP contribution in [-0.2, 0) is 16.0 Å². The largest absolute Gasteiger partial charge is 0.481 e. The van der Waals surface area contributed by atoms with Crippen LogP contribution in [0.5, 0.6) is 0 Å². The second-order valence-corrected chi connectivity index (χ2v) is 7.81. The van der Waals surface area contributed by atoms with Crippen LogP contribution in [0.2, 0.25) is 10.0 Å². The molecule has 1 aromatic heterocycles. The van der Waals surface area contributed by atoms with E-state index in [-0.39, 0.29) is 12.3 Å². The van der Waals surface area contributed by atoms with E-state index in [4.69, 9.17) is 27.6 Å². The quantitative estimate of drug-likeness (QED) is 0.623. The van der Waals surface area contributed by atoms with E-state index in [1.165, 1.54) is 6.07 Å². The summed E-state index contributed by atoms with van der Waals surface area (Å²) in [6.45, 7) is 1.97. The maximum Gasteiger partial charge on any atom is 0.305 e. The minimum Gasteiger partial charge on any atom is -0.481 e. The molecule has 1 fully saturated rings. The number of amidine groups is 1. The van der Waals surface area contributed by atoms with E-state index in [0.717, 1.165) is 23.9 Å². The maximum atomic E-state index is 12.2. The molecule has 0 bridgehead atoms. The highest BCUT2D eigenvalue weighted by Crippen LogP contribution is 2.34. The number of rotatable bonds is 6. The molecule has 1 atom stereocenters. The van der Waals surface area contributed by atoms with Crippen molar-refractivity contribution in [1.29, 1.82) is 0 Å². The summed E-state index contributed by atoms with van der Waals surface area (Å²) in [7, 11) is 0. The lowest BCUT2D eigenvalue weighted by Gasteiger charge is -2.13. The average molecular weight is 439 g/mol. The molecule has 1 saturated heterocycles. The van der Waals surface area contributed by atoms with Crippen molar-refractivity contribution < 1.29 is 19.1 Å². The normalized spacial score (nSPS) is 17.9. The minimum atomic E-state index is -1.03. The molecule has 1 aliphatic rings. The molecule has 3 rings (SSSR count). The average Bonchev–Trinajstić information content (AvgIpc) is 3.21. The highest BCUT2D eigenvalue weighted by molar-refractivity contribution is 8.18. The Balaban J connectivity index is 1.86. The lowest BCUT2D eigenvalue weighted by Crippen LogP contribution is -2.21. The van der Waals surface area contributed by atoms with Gasteiger partial charge in [0.2, 0.25) is 0 Å². The molecule has 6 nitrogen and oxygen atoms in total. The van der Waals surface area contributed by atoms with Gasteiger partial charge in [0, 0.05) is 22.5 Å². The van der Waals surface area contributed by atoms with Crippen LogP contribution >= 0.6 is 35.0 Å². The summed E-state index contributed by atoms with van der Waals surface area (Å²) < 4.78 is 5.59. The van der Waals surface area contributed by atoms with E-state index in [0.29, 0.717) is 31.4 Å². The number of thioether (sulfide) groups is 1. The standard InChI is InChI=1S/C19H16Cl2N2O4S/c1-2-11-4-5-12(27-11)8-16-18(26)23-19(28-16)22-15(9-17(24)25)13-6-3-10(20)7-14(13)21/h3-8,15H,2,9H2,1H3,(H,24,25)(H,22,23,26)/b16-8-/t15-/m1/s1. The van der Waals surface area contributed by atoms with Gasteiger partial charge in [0.15, 0.2) is 5.17 Å². The van der Waals surface area contributed by atoms with E-state index in [9.17, 15) is 14.7 Å². The molecular formula is C19H16Cl2N2O4S. The van der Waals surface area contributed by atoms with Crippen molar-refractivity contribution in [2.75, 3.05) is 0 Å². The fourth-order valence-electron chi connectivity index (χ4n) is 2.58. The van der Waals surface area contributed by atoms with Gasteiger partial charge < -0.3 is 14.8 Å². The first-order valence-electron chi connectivity index (χ1n) is 8.40. The van der Waals surface area contributed by atoms with Crippen molar-refractivity contribution in [1.82, 2.24) is 5.32 Å². The Labute approximate surface area is 175 Å². The number of carboxylic acids is 1. The van der Waals surface area contributed by atoms with Crippen LogP contribution in [0.3, 0.4) is 0 Å². The van der Waals surface area contributed by atoms with Gasteiger partial charge in [-0.1, -0.05) is 36.2 Å². The van der Waals surface area contributed by atoms with Crippen molar-refractivity contribution in [3.63, 3.8) is 0 Å². The molecule has 0 spiro atoms. The first kappa shape index (κ1) is 20.5. The lowest BCUT2D eigenvalue weighted by molar-refractivity contribution is -0.137. The topological polar surface area (TPSA) is 91.9 Å². The second-order valence-electron chi connectivity index (χ2n) is 5.94. The predicted molar refractivity (Wildman–Crippen MR) is 111 cm³/mol. The molecule has 2 aromatic rings. The molecule has 1 aromatic carbocycles. The van der Waals surface area contributed by atoms with Crippen LogP contribution < -0.4 is 5.32 Å². The summed E-state index contributed by atoms with van der Waals surface area (Å²) >= 11 is 13.2. The van der Waals surface area contributed by atoms with Gasteiger partial charge in [-0.25, -0.2) is 0 Å². The predicted octanol–water partition coefficient (Wildman–Crippen LogP) is 4.92. The Kier molecular flexibility index (Phi) is 6.49. The van der Waals surface area contributed by atoms with Gasteiger partial charge in [0.1, 0.15) is 11.5 Å². The maximum absolute atomic E-state index is 12.2. The summed E-state index contributed by atoms with van der Waals surface area (Å²) in [6.07, 6.45) is 2.11. The number of benzene rings is 1. The number of nitrogens with zero attached hydrogens (tertiary/aromatic N) is 1. The van der Waals surface area contributed by atoms with E-state index in [1.54, 1.807) is 24.3 Å². The Hall–Kier alpha value is -2.22. The number of halogens is 2. The highest BCUT2D eigenvalue weighted by Gasteiger charge is 2.27. The van der Waals surface area contributed by atoms with E-state index < -0.39 is 12.0 Å². The molecule has 0 unspecified atom stereocenters. The molecule has 1 aliphatic heterocycles. The van der Waals surface area contributed by atoms with E-state index in [1.807, 2.05) is 13.0 Å². The summed E-state index contributed by atoms with van der Waals surface area (Å²) in [5.74, 6) is 0.0317. The second kappa shape index (κ2) is 8.86. The number of hydrogen-bond donors (Lipinski definition) is 2. The number of carboxylic acid groups (broad SMARTS) is 1. The van der Waals surface area contributed by atoms with Crippen molar-refractivity contribution >= 4 is 58.1 Å². The lowest BCUT2D eigenvalue weighted by atomic mass is 10.0. The number of aryl methyl sites for hydroxylation is 1. The Bertz CT molecular complexity index is 984. The van der Waals surface area contributed by atoms with Crippen LogP contribution in [-0.4, -0.2) is 22.2 Å². The molecule has 28 heavy (non-hydrogen) atoms. The Morgan fingerprint density at radius 2 is 2.14 bits per heavy atom. The number of amides is 1. The van der Waals surface area contributed by atoms with Gasteiger partial charge in [-0.15, -0.1) is 0 Å². The van der Waals surface area contributed by atoms with Crippen molar-refractivity contribution in [2.45, 2.75) is 25.8 Å². The minimum absolute atomic E-state index is 0.279. The van der Waals surface area contributed by atoms with Crippen LogP contribution in [0.25, 0.3) is 6.08 Å². The van der Waals surface area contributed by atoms with Gasteiger partial charge in [-0.2, -0.15) is 0 Å². The van der Waals surface area contributed by atoms with Crippen molar-refractivity contribution in [3.05, 3.63) is 62.4 Å². The molecular weight excluding hydrogens is 423 g/mol. The third-order valence-electron chi connectivity index (χ3n) is 3.92. The first-order valence-corrected chi connectivity index (χ1v) is 9.97. The van der Waals surface area contributed by atoms with E-state index >= 15 is 0 Å². The van der Waals surface area contributed by atoms with Crippen molar-refractivity contribution in [2.24, 2.45) is 4.99 Å². The monoisotopic (exact) mass is 438 g/mol. The summed E-state index contributed by atoms with van der Waals surface area (Å²) in [5, 5.41) is 12.9. The molecule has 0 radical (unpaired) electrons. The fraction of sp³-hybridized carbons (Fsp3) is 0.211. The van der Waals surface area contributed by atoms with Crippen LogP contribution in [0.4, 0.5) is 0 Å². The third-order valence-corrected chi connectivity index (χ3v) is 5.40. The van der Waals surface area contributed by atoms with Crippen LogP contribution in [0, 0.1) is 0 Å². The molecule has 2 N–H and O–H groups in total. The number of furan rings is 1. The number of aliphatic imine (C=N–C) groups is 1. The number of aliphatic carboxylic acids is 1. The molecule has 1 amide bonds. The van der Waals surface area contributed by atoms with Gasteiger partial charge in [-0.3, -0.25) is 14.6 Å². The molecule has 2 heterocycles. The number of carbonyl (C=O) groups excluding carboxylic acids is 1. The molecule has 0 saturated carbocycles. The van der Waals surface area contributed by atoms with Gasteiger partial charge in [0.05, 0.1) is 17.4 Å². The zero-order chi connectivity index (χ0) is 20.3. The zero-order valence-corrected chi connectivity index (χ0v) is 17.1.